The molecule has 1 saturated heterocycles. The highest BCUT2D eigenvalue weighted by Gasteiger charge is 2.50. The van der Waals surface area contributed by atoms with E-state index in [4.69, 9.17) is 0 Å². The number of hydrogen-bond acceptors (Lipinski definition) is 6. The molecule has 2 aliphatic rings. The molecule has 2 fully saturated rings. The zero-order valence-electron chi connectivity index (χ0n) is 18.5. The number of fused-ring (bicyclic) bond motifs is 1. The standard InChI is InChI=1S/C24H23F3N6O/c1-14-3-6-17(21-28-8-2-9-29-21)18(11-14)22(34)33-16(5-4-15-12-19(15)33)13-31-23-30-10-7-20(32-23)24(25,26)27/h2-3,6-11,15-16,19H,4-5,12-13H2,1H3,(H,30,31,32)/t15-,16-,19+/m0/s1. The van der Waals surface area contributed by atoms with Crippen LogP contribution < -0.4 is 5.32 Å². The number of alkyl halides is 3. The predicted octanol–water partition coefficient (Wildman–Crippen LogP) is 4.37. The van der Waals surface area contributed by atoms with Gasteiger partial charge in [-0.05, 0) is 50.3 Å². The summed E-state index contributed by atoms with van der Waals surface area (Å²) in [6, 6.07) is 8.11. The summed E-state index contributed by atoms with van der Waals surface area (Å²) in [6.07, 6.45) is 2.47. The number of piperidine rings is 1. The van der Waals surface area contributed by atoms with Crippen molar-refractivity contribution in [1.82, 2.24) is 24.8 Å². The molecule has 3 aromatic rings. The number of carbonyl (C=O) groups is 1. The number of aromatic nitrogens is 4. The molecule has 0 bridgehead atoms. The van der Waals surface area contributed by atoms with Crippen molar-refractivity contribution in [2.45, 2.75) is 44.4 Å². The molecule has 1 aromatic carbocycles. The molecule has 1 N–H and O–H groups in total. The first-order valence-corrected chi connectivity index (χ1v) is 11.2. The normalized spacial score (nSPS) is 21.6. The first kappa shape index (κ1) is 22.2. The summed E-state index contributed by atoms with van der Waals surface area (Å²) in [5.74, 6) is 0.720. The van der Waals surface area contributed by atoms with Crippen LogP contribution in [-0.4, -0.2) is 49.4 Å². The Hall–Kier alpha value is -3.56. The Morgan fingerprint density at radius 2 is 1.91 bits per heavy atom. The zero-order chi connectivity index (χ0) is 23.9. The van der Waals surface area contributed by atoms with Gasteiger partial charge in [-0.3, -0.25) is 4.79 Å². The molecule has 1 saturated carbocycles. The van der Waals surface area contributed by atoms with Crippen molar-refractivity contribution in [3.05, 3.63) is 65.7 Å². The molecule has 0 unspecified atom stereocenters. The average Bonchev–Trinajstić information content (AvgIpc) is 3.62. The van der Waals surface area contributed by atoms with E-state index in [1.54, 1.807) is 18.5 Å². The van der Waals surface area contributed by atoms with Crippen LogP contribution >= 0.6 is 0 Å². The number of benzene rings is 1. The number of rotatable bonds is 5. The molecule has 1 aliphatic heterocycles. The fraction of sp³-hybridized carbons (Fsp3) is 0.375. The van der Waals surface area contributed by atoms with Gasteiger partial charge in [0.05, 0.1) is 5.56 Å². The number of carbonyl (C=O) groups excluding carboxylic acids is 1. The lowest BCUT2D eigenvalue weighted by Gasteiger charge is -2.36. The van der Waals surface area contributed by atoms with Gasteiger partial charge in [0.15, 0.2) is 5.82 Å². The maximum Gasteiger partial charge on any atom is 0.433 e. The number of aryl methyl sites for hydroxylation is 1. The van der Waals surface area contributed by atoms with Gasteiger partial charge < -0.3 is 10.2 Å². The van der Waals surface area contributed by atoms with Crippen LogP contribution in [0.5, 0.6) is 0 Å². The van der Waals surface area contributed by atoms with Gasteiger partial charge in [0.2, 0.25) is 5.95 Å². The molecule has 0 radical (unpaired) electrons. The molecule has 0 spiro atoms. The summed E-state index contributed by atoms with van der Waals surface area (Å²) in [7, 11) is 0. The Balaban J connectivity index is 1.41. The summed E-state index contributed by atoms with van der Waals surface area (Å²) < 4.78 is 39.0. The van der Waals surface area contributed by atoms with Crippen LogP contribution in [0.15, 0.2) is 48.9 Å². The van der Waals surface area contributed by atoms with E-state index >= 15 is 0 Å². The van der Waals surface area contributed by atoms with E-state index in [1.807, 2.05) is 30.0 Å². The van der Waals surface area contributed by atoms with Crippen LogP contribution in [0.3, 0.4) is 0 Å². The van der Waals surface area contributed by atoms with Crippen LogP contribution in [-0.2, 0) is 6.18 Å². The van der Waals surface area contributed by atoms with Gasteiger partial charge in [-0.25, -0.2) is 19.9 Å². The lowest BCUT2D eigenvalue weighted by Crippen LogP contribution is -2.48. The number of amides is 1. The lowest BCUT2D eigenvalue weighted by atomic mass is 9.97. The third kappa shape index (κ3) is 4.44. The van der Waals surface area contributed by atoms with Crippen molar-refractivity contribution in [2.75, 3.05) is 11.9 Å². The topological polar surface area (TPSA) is 83.9 Å². The van der Waals surface area contributed by atoms with Crippen LogP contribution in [0, 0.1) is 12.8 Å². The molecule has 5 rings (SSSR count). The lowest BCUT2D eigenvalue weighted by molar-refractivity contribution is -0.141. The number of hydrogen-bond donors (Lipinski definition) is 1. The highest BCUT2D eigenvalue weighted by molar-refractivity contribution is 6.01. The molecule has 10 heteroatoms. The van der Waals surface area contributed by atoms with Crippen LogP contribution in [0.25, 0.3) is 11.4 Å². The highest BCUT2D eigenvalue weighted by Crippen LogP contribution is 2.46. The summed E-state index contributed by atoms with van der Waals surface area (Å²) in [5, 5.41) is 2.92. The second kappa shape index (κ2) is 8.66. The zero-order valence-corrected chi connectivity index (χ0v) is 18.5. The van der Waals surface area contributed by atoms with E-state index in [1.165, 1.54) is 0 Å². The molecule has 2 aromatic heterocycles. The van der Waals surface area contributed by atoms with E-state index in [0.717, 1.165) is 37.1 Å². The maximum absolute atomic E-state index is 13.9. The molecule has 1 amide bonds. The van der Waals surface area contributed by atoms with Gasteiger partial charge in [-0.15, -0.1) is 0 Å². The van der Waals surface area contributed by atoms with E-state index in [0.29, 0.717) is 22.9 Å². The minimum atomic E-state index is -4.55. The quantitative estimate of drug-likeness (QED) is 0.599. The summed E-state index contributed by atoms with van der Waals surface area (Å²) in [6.45, 7) is 2.19. The molecule has 1 aliphatic carbocycles. The molecular weight excluding hydrogens is 445 g/mol. The second-order valence-corrected chi connectivity index (χ2v) is 8.77. The number of anilines is 1. The van der Waals surface area contributed by atoms with E-state index in [9.17, 15) is 18.0 Å². The Kier molecular flexibility index (Phi) is 5.66. The minimum absolute atomic E-state index is 0.103. The highest BCUT2D eigenvalue weighted by atomic mass is 19.4. The molecule has 34 heavy (non-hydrogen) atoms. The van der Waals surface area contributed by atoms with Gasteiger partial charge in [-0.2, -0.15) is 13.2 Å². The van der Waals surface area contributed by atoms with E-state index in [2.05, 4.69) is 25.3 Å². The Labute approximate surface area is 194 Å². The molecule has 3 atom stereocenters. The van der Waals surface area contributed by atoms with Gasteiger partial charge in [0, 0.05) is 42.8 Å². The summed E-state index contributed by atoms with van der Waals surface area (Å²) in [4.78, 5) is 31.9. The first-order chi connectivity index (χ1) is 16.3. The van der Waals surface area contributed by atoms with Crippen molar-refractivity contribution in [2.24, 2.45) is 5.92 Å². The maximum atomic E-state index is 13.9. The average molecular weight is 468 g/mol. The Morgan fingerprint density at radius 3 is 2.68 bits per heavy atom. The Bertz CT molecular complexity index is 1200. The van der Waals surface area contributed by atoms with Crippen molar-refractivity contribution in [3.63, 3.8) is 0 Å². The van der Waals surface area contributed by atoms with Crippen LogP contribution in [0.2, 0.25) is 0 Å². The van der Waals surface area contributed by atoms with E-state index in [-0.39, 0.29) is 30.5 Å². The van der Waals surface area contributed by atoms with Gasteiger partial charge in [-0.1, -0.05) is 17.7 Å². The van der Waals surface area contributed by atoms with Crippen molar-refractivity contribution >= 4 is 11.9 Å². The van der Waals surface area contributed by atoms with Crippen LogP contribution in [0.4, 0.5) is 19.1 Å². The predicted molar refractivity (Wildman–Crippen MR) is 119 cm³/mol. The Morgan fingerprint density at radius 1 is 1.12 bits per heavy atom. The van der Waals surface area contributed by atoms with Crippen LogP contribution in [0.1, 0.15) is 40.9 Å². The van der Waals surface area contributed by atoms with Crippen molar-refractivity contribution in [1.29, 1.82) is 0 Å². The summed E-state index contributed by atoms with van der Waals surface area (Å²) in [5.41, 5.74) is 1.13. The SMILES string of the molecule is Cc1ccc(-c2ncccn2)c(C(=O)N2[C@H](CNc3nccc(C(F)(F)F)n3)CC[C@H]3C[C@H]32)c1. The number of likely N-dealkylation sites (tertiary alicyclic amines) is 1. The fourth-order valence-electron chi connectivity index (χ4n) is 4.63. The smallest absolute Gasteiger partial charge is 0.352 e. The molecule has 176 valence electrons. The molecule has 7 nitrogen and oxygen atoms in total. The van der Waals surface area contributed by atoms with Crippen molar-refractivity contribution in [3.8, 4) is 11.4 Å². The third-order valence-corrected chi connectivity index (χ3v) is 6.40. The number of nitrogens with one attached hydrogen (secondary N) is 1. The summed E-state index contributed by atoms with van der Waals surface area (Å²) >= 11 is 0. The second-order valence-electron chi connectivity index (χ2n) is 8.77. The number of halogens is 3. The van der Waals surface area contributed by atoms with Gasteiger partial charge in [0.25, 0.3) is 5.91 Å². The molecular formula is C24H23F3N6O. The largest absolute Gasteiger partial charge is 0.433 e. The van der Waals surface area contributed by atoms with Gasteiger partial charge in [0.1, 0.15) is 5.69 Å². The molecule has 3 heterocycles. The fourth-order valence-corrected chi connectivity index (χ4v) is 4.63. The number of nitrogens with zero attached hydrogens (tertiary/aromatic N) is 5. The van der Waals surface area contributed by atoms with E-state index < -0.39 is 11.9 Å². The third-order valence-electron chi connectivity index (χ3n) is 6.40. The van der Waals surface area contributed by atoms with Gasteiger partial charge >= 0.3 is 6.18 Å². The minimum Gasteiger partial charge on any atom is -0.352 e. The van der Waals surface area contributed by atoms with Crippen molar-refractivity contribution < 1.29 is 18.0 Å². The first-order valence-electron chi connectivity index (χ1n) is 11.2. The monoisotopic (exact) mass is 468 g/mol.